The molecule has 2 amide bonds. The van der Waals surface area contributed by atoms with Gasteiger partial charge in [0, 0.05) is 15.7 Å². The van der Waals surface area contributed by atoms with Crippen LogP contribution in [-0.2, 0) is 0 Å². The summed E-state index contributed by atoms with van der Waals surface area (Å²) < 4.78 is 14.2. The molecule has 4 nitrogen and oxygen atoms in total. The van der Waals surface area contributed by atoms with E-state index in [1.807, 2.05) is 0 Å². The fourth-order valence-corrected chi connectivity index (χ4v) is 1.98. The first-order chi connectivity index (χ1) is 9.47. The van der Waals surface area contributed by atoms with Crippen LogP contribution in [0.2, 0.25) is 0 Å². The Hall–Kier alpha value is -2.21. The van der Waals surface area contributed by atoms with Gasteiger partial charge >= 0.3 is 0 Å². The van der Waals surface area contributed by atoms with Gasteiger partial charge in [-0.25, -0.2) is 4.39 Å². The van der Waals surface area contributed by atoms with Gasteiger partial charge < -0.3 is 11.1 Å². The van der Waals surface area contributed by atoms with E-state index in [9.17, 15) is 14.0 Å². The van der Waals surface area contributed by atoms with Gasteiger partial charge in [0.15, 0.2) is 0 Å². The highest BCUT2D eigenvalue weighted by atomic mass is 79.9. The molecule has 0 atom stereocenters. The lowest BCUT2D eigenvalue weighted by molar-refractivity contribution is 0.0995. The van der Waals surface area contributed by atoms with Crippen LogP contribution in [0.15, 0.2) is 46.9 Å². The Morgan fingerprint density at radius 1 is 1.15 bits per heavy atom. The van der Waals surface area contributed by atoms with Crippen molar-refractivity contribution in [3.8, 4) is 0 Å². The van der Waals surface area contributed by atoms with E-state index in [-0.39, 0.29) is 11.1 Å². The highest BCUT2D eigenvalue weighted by Gasteiger charge is 2.13. The minimum Gasteiger partial charge on any atom is -0.366 e. The third kappa shape index (κ3) is 3.21. The van der Waals surface area contributed by atoms with E-state index >= 15 is 0 Å². The minimum atomic E-state index is -0.628. The number of benzene rings is 2. The van der Waals surface area contributed by atoms with Crippen molar-refractivity contribution in [1.29, 1.82) is 0 Å². The summed E-state index contributed by atoms with van der Waals surface area (Å²) in [6.45, 7) is 0. The second-order valence-corrected chi connectivity index (χ2v) is 4.94. The second-order valence-electron chi connectivity index (χ2n) is 4.02. The zero-order valence-corrected chi connectivity index (χ0v) is 11.8. The standard InChI is InChI=1S/C14H10BrFN2O2/c15-9-4-5-12(16)11(7-9)14(20)18-10-3-1-2-8(6-10)13(17)19/h1-7H,(H2,17,19)(H,18,20). The molecule has 0 aliphatic rings. The summed E-state index contributed by atoms with van der Waals surface area (Å²) in [7, 11) is 0. The molecule has 2 rings (SSSR count). The molecule has 0 aliphatic carbocycles. The molecular weight excluding hydrogens is 327 g/mol. The van der Waals surface area contributed by atoms with E-state index in [4.69, 9.17) is 5.73 Å². The quantitative estimate of drug-likeness (QED) is 0.904. The van der Waals surface area contributed by atoms with Crippen LogP contribution in [0.1, 0.15) is 20.7 Å². The highest BCUT2D eigenvalue weighted by molar-refractivity contribution is 9.10. The van der Waals surface area contributed by atoms with Crippen molar-refractivity contribution in [2.24, 2.45) is 5.73 Å². The van der Waals surface area contributed by atoms with Crippen molar-refractivity contribution in [3.05, 3.63) is 63.9 Å². The Labute approximate surface area is 122 Å². The topological polar surface area (TPSA) is 72.2 Å². The lowest BCUT2D eigenvalue weighted by Crippen LogP contribution is -2.15. The summed E-state index contributed by atoms with van der Waals surface area (Å²) >= 11 is 3.17. The highest BCUT2D eigenvalue weighted by Crippen LogP contribution is 2.18. The molecule has 0 bridgehead atoms. The molecule has 2 aromatic rings. The minimum absolute atomic E-state index is 0.0937. The van der Waals surface area contributed by atoms with Crippen LogP contribution in [0.3, 0.4) is 0 Å². The van der Waals surface area contributed by atoms with Crippen molar-refractivity contribution >= 4 is 33.4 Å². The number of anilines is 1. The number of carbonyl (C=O) groups is 2. The summed E-state index contributed by atoms with van der Waals surface area (Å²) in [5.41, 5.74) is 5.69. The van der Waals surface area contributed by atoms with E-state index in [1.54, 1.807) is 12.1 Å². The monoisotopic (exact) mass is 336 g/mol. The molecule has 6 heteroatoms. The first-order valence-corrected chi connectivity index (χ1v) is 6.43. The van der Waals surface area contributed by atoms with Gasteiger partial charge in [-0.3, -0.25) is 9.59 Å². The first kappa shape index (κ1) is 14.2. The van der Waals surface area contributed by atoms with Gasteiger partial charge in [-0.1, -0.05) is 22.0 Å². The number of nitrogens with one attached hydrogen (secondary N) is 1. The van der Waals surface area contributed by atoms with Gasteiger partial charge in [0.05, 0.1) is 5.56 Å². The molecule has 2 aromatic carbocycles. The molecular formula is C14H10BrFN2O2. The predicted molar refractivity (Wildman–Crippen MR) is 77.0 cm³/mol. The number of amides is 2. The summed E-state index contributed by atoms with van der Waals surface area (Å²) in [5, 5.41) is 2.51. The summed E-state index contributed by atoms with van der Waals surface area (Å²) in [6.07, 6.45) is 0. The smallest absolute Gasteiger partial charge is 0.258 e. The number of nitrogens with two attached hydrogens (primary N) is 1. The molecule has 0 fully saturated rings. The SMILES string of the molecule is NC(=O)c1cccc(NC(=O)c2cc(Br)ccc2F)c1. The van der Waals surface area contributed by atoms with E-state index in [1.165, 1.54) is 30.3 Å². The average Bonchev–Trinajstić information content (AvgIpc) is 2.41. The lowest BCUT2D eigenvalue weighted by Gasteiger charge is -2.07. The van der Waals surface area contributed by atoms with Crippen LogP contribution in [-0.4, -0.2) is 11.8 Å². The molecule has 0 spiro atoms. The molecule has 102 valence electrons. The maximum absolute atomic E-state index is 13.6. The van der Waals surface area contributed by atoms with E-state index in [2.05, 4.69) is 21.2 Å². The van der Waals surface area contributed by atoms with Crippen LogP contribution in [0.5, 0.6) is 0 Å². The summed E-state index contributed by atoms with van der Waals surface area (Å²) in [5.74, 6) is -1.84. The maximum Gasteiger partial charge on any atom is 0.258 e. The Morgan fingerprint density at radius 3 is 2.60 bits per heavy atom. The summed E-state index contributed by atoms with van der Waals surface area (Å²) in [6, 6.07) is 10.2. The predicted octanol–water partition coefficient (Wildman–Crippen LogP) is 2.94. The third-order valence-corrected chi connectivity index (χ3v) is 3.07. The van der Waals surface area contributed by atoms with Crippen molar-refractivity contribution in [2.45, 2.75) is 0 Å². The summed E-state index contributed by atoms with van der Waals surface area (Å²) in [4.78, 5) is 23.0. The Bertz CT molecular complexity index is 689. The van der Waals surface area contributed by atoms with Gasteiger partial charge in [0.25, 0.3) is 5.91 Å². The normalized spacial score (nSPS) is 10.1. The van der Waals surface area contributed by atoms with Gasteiger partial charge in [-0.15, -0.1) is 0 Å². The second kappa shape index (κ2) is 5.83. The number of primary amides is 1. The number of hydrogen-bond acceptors (Lipinski definition) is 2. The zero-order chi connectivity index (χ0) is 14.7. The van der Waals surface area contributed by atoms with Crippen LogP contribution < -0.4 is 11.1 Å². The number of halogens is 2. The average molecular weight is 337 g/mol. The van der Waals surface area contributed by atoms with E-state index in [0.717, 1.165) is 0 Å². The van der Waals surface area contributed by atoms with Crippen LogP contribution in [0, 0.1) is 5.82 Å². The van der Waals surface area contributed by atoms with Crippen molar-refractivity contribution in [2.75, 3.05) is 5.32 Å². The molecule has 20 heavy (non-hydrogen) atoms. The van der Waals surface area contributed by atoms with Crippen molar-refractivity contribution in [1.82, 2.24) is 0 Å². The molecule has 3 N–H and O–H groups in total. The largest absolute Gasteiger partial charge is 0.366 e. The van der Waals surface area contributed by atoms with Crippen molar-refractivity contribution < 1.29 is 14.0 Å². The maximum atomic E-state index is 13.6. The Balaban J connectivity index is 2.25. The van der Waals surface area contributed by atoms with Gasteiger partial charge in [0.2, 0.25) is 5.91 Å². The van der Waals surface area contributed by atoms with Gasteiger partial charge in [-0.05, 0) is 36.4 Å². The lowest BCUT2D eigenvalue weighted by atomic mass is 10.1. The van der Waals surface area contributed by atoms with E-state index < -0.39 is 17.6 Å². The molecule has 0 saturated carbocycles. The Morgan fingerprint density at radius 2 is 1.90 bits per heavy atom. The molecule has 0 radical (unpaired) electrons. The zero-order valence-electron chi connectivity index (χ0n) is 10.2. The van der Waals surface area contributed by atoms with E-state index in [0.29, 0.717) is 10.2 Å². The van der Waals surface area contributed by atoms with Gasteiger partial charge in [-0.2, -0.15) is 0 Å². The van der Waals surface area contributed by atoms with Crippen LogP contribution >= 0.6 is 15.9 Å². The molecule has 0 heterocycles. The Kier molecular flexibility index (Phi) is 4.14. The number of rotatable bonds is 3. The third-order valence-electron chi connectivity index (χ3n) is 2.58. The fourth-order valence-electron chi connectivity index (χ4n) is 1.62. The molecule has 0 aliphatic heterocycles. The van der Waals surface area contributed by atoms with Crippen LogP contribution in [0.25, 0.3) is 0 Å². The fraction of sp³-hybridized carbons (Fsp3) is 0. The first-order valence-electron chi connectivity index (χ1n) is 5.63. The molecule has 0 aromatic heterocycles. The number of carbonyl (C=O) groups excluding carboxylic acids is 2. The van der Waals surface area contributed by atoms with Crippen molar-refractivity contribution in [3.63, 3.8) is 0 Å². The van der Waals surface area contributed by atoms with Crippen LogP contribution in [0.4, 0.5) is 10.1 Å². The molecule has 0 unspecified atom stereocenters. The number of hydrogen-bond donors (Lipinski definition) is 2. The molecule has 0 saturated heterocycles. The van der Waals surface area contributed by atoms with Gasteiger partial charge in [0.1, 0.15) is 5.82 Å².